The average Bonchev–Trinajstić information content (AvgIpc) is 3.15. The third-order valence-electron chi connectivity index (χ3n) is 3.18. The van der Waals surface area contributed by atoms with Crippen molar-refractivity contribution in [2.75, 3.05) is 11.9 Å². The highest BCUT2D eigenvalue weighted by Gasteiger charge is 2.29. The van der Waals surface area contributed by atoms with Crippen molar-refractivity contribution in [3.63, 3.8) is 0 Å². The van der Waals surface area contributed by atoms with E-state index in [1.165, 1.54) is 11.0 Å². The Kier molecular flexibility index (Phi) is 2.70. The van der Waals surface area contributed by atoms with Crippen LogP contribution < -0.4 is 4.90 Å². The van der Waals surface area contributed by atoms with Crippen LogP contribution in [-0.4, -0.2) is 33.2 Å². The molecule has 0 unspecified atom stereocenters. The van der Waals surface area contributed by atoms with Crippen molar-refractivity contribution in [3.8, 4) is 5.75 Å². The van der Waals surface area contributed by atoms with Crippen LogP contribution in [0.15, 0.2) is 24.3 Å². The molecule has 6 nitrogen and oxygen atoms in total. The van der Waals surface area contributed by atoms with Gasteiger partial charge in [0.2, 0.25) is 5.82 Å². The summed E-state index contributed by atoms with van der Waals surface area (Å²) in [5.74, 6) is 1.19. The molecule has 1 aliphatic rings. The van der Waals surface area contributed by atoms with Crippen molar-refractivity contribution in [3.05, 3.63) is 35.9 Å². The predicted octanol–water partition coefficient (Wildman–Crippen LogP) is 1.66. The van der Waals surface area contributed by atoms with Crippen molar-refractivity contribution in [1.29, 1.82) is 0 Å². The second-order valence-electron chi connectivity index (χ2n) is 4.70. The molecule has 1 aromatic heterocycles. The highest BCUT2D eigenvalue weighted by Crippen LogP contribution is 2.37. The summed E-state index contributed by atoms with van der Waals surface area (Å²) >= 11 is 0. The van der Waals surface area contributed by atoms with Crippen molar-refractivity contribution in [1.82, 2.24) is 15.2 Å². The summed E-state index contributed by atoms with van der Waals surface area (Å²) in [5, 5.41) is 16.2. The van der Waals surface area contributed by atoms with E-state index in [4.69, 9.17) is 0 Å². The topological polar surface area (TPSA) is 82.1 Å². The Morgan fingerprint density at radius 3 is 2.95 bits per heavy atom. The van der Waals surface area contributed by atoms with Crippen LogP contribution in [0.2, 0.25) is 0 Å². The number of amides is 1. The molecule has 2 N–H and O–H groups in total. The fraction of sp³-hybridized carbons (Fsp3) is 0.308. The summed E-state index contributed by atoms with van der Waals surface area (Å²) in [6.07, 6.45) is 2.20. The summed E-state index contributed by atoms with van der Waals surface area (Å²) in [6, 6.07) is 6.50. The summed E-state index contributed by atoms with van der Waals surface area (Å²) < 4.78 is 0. The number of hydrogen-bond acceptors (Lipinski definition) is 4. The van der Waals surface area contributed by atoms with Crippen LogP contribution in [0.5, 0.6) is 5.75 Å². The van der Waals surface area contributed by atoms with Crippen molar-refractivity contribution >= 4 is 11.6 Å². The molecule has 0 radical (unpaired) electrons. The molecular formula is C13H14N4O2. The molecule has 3 rings (SSSR count). The molecule has 6 heteroatoms. The Hall–Kier alpha value is -2.37. The lowest BCUT2D eigenvalue weighted by Gasteiger charge is -2.15. The molecule has 0 atom stereocenters. The number of carbonyl (C=O) groups excluding carboxylic acids is 1. The molecule has 1 aromatic carbocycles. The molecule has 0 spiro atoms. The van der Waals surface area contributed by atoms with E-state index in [2.05, 4.69) is 15.2 Å². The molecule has 0 bridgehead atoms. The Labute approximate surface area is 110 Å². The first-order valence-electron chi connectivity index (χ1n) is 6.14. The Morgan fingerprint density at radius 2 is 2.26 bits per heavy atom. The van der Waals surface area contributed by atoms with Crippen LogP contribution in [0.1, 0.15) is 35.2 Å². The van der Waals surface area contributed by atoms with Crippen LogP contribution in [0, 0.1) is 0 Å². The van der Waals surface area contributed by atoms with Gasteiger partial charge in [0, 0.05) is 24.7 Å². The highest BCUT2D eigenvalue weighted by molar-refractivity contribution is 6.03. The minimum Gasteiger partial charge on any atom is -0.508 e. The predicted molar refractivity (Wildman–Crippen MR) is 69.2 cm³/mol. The van der Waals surface area contributed by atoms with Gasteiger partial charge in [-0.2, -0.15) is 0 Å². The highest BCUT2D eigenvalue weighted by atomic mass is 16.3. The number of anilines is 1. The number of phenolic OH excluding ortho intramolecular Hbond substituents is 1. The maximum Gasteiger partial charge on any atom is 0.297 e. The Balaban J connectivity index is 1.81. The molecule has 98 valence electrons. The van der Waals surface area contributed by atoms with Gasteiger partial charge in [0.05, 0.1) is 0 Å². The van der Waals surface area contributed by atoms with E-state index >= 15 is 0 Å². The van der Waals surface area contributed by atoms with Crippen molar-refractivity contribution in [2.45, 2.75) is 18.8 Å². The largest absolute Gasteiger partial charge is 0.508 e. The smallest absolute Gasteiger partial charge is 0.297 e. The number of phenols is 1. The van der Waals surface area contributed by atoms with Gasteiger partial charge in [-0.1, -0.05) is 6.07 Å². The van der Waals surface area contributed by atoms with Crippen LogP contribution in [0.3, 0.4) is 0 Å². The normalized spacial score (nSPS) is 14.4. The molecule has 1 aliphatic carbocycles. The number of aromatic hydroxyl groups is 1. The maximum atomic E-state index is 12.2. The molecule has 1 heterocycles. The van der Waals surface area contributed by atoms with Gasteiger partial charge < -0.3 is 10.0 Å². The standard InChI is InChI=1S/C13H14N4O2/c1-17(9-3-2-4-10(18)7-9)13(19)12-14-11(15-16-12)8-5-6-8/h2-4,7-8,18H,5-6H2,1H3,(H,14,15,16). The summed E-state index contributed by atoms with van der Waals surface area (Å²) in [4.78, 5) is 17.8. The van der Waals surface area contributed by atoms with E-state index in [9.17, 15) is 9.90 Å². The maximum absolute atomic E-state index is 12.2. The lowest BCUT2D eigenvalue weighted by molar-refractivity contribution is 0.0983. The minimum atomic E-state index is -0.297. The van der Waals surface area contributed by atoms with Crippen LogP contribution in [0.4, 0.5) is 5.69 Å². The first-order chi connectivity index (χ1) is 9.15. The number of carbonyl (C=O) groups is 1. The molecule has 2 aromatic rings. The number of rotatable bonds is 3. The summed E-state index contributed by atoms with van der Waals surface area (Å²) in [5.41, 5.74) is 0.600. The van der Waals surface area contributed by atoms with E-state index in [0.717, 1.165) is 18.7 Å². The summed E-state index contributed by atoms with van der Waals surface area (Å²) in [6.45, 7) is 0. The lowest BCUT2D eigenvalue weighted by atomic mass is 10.2. The third kappa shape index (κ3) is 2.29. The first kappa shape index (κ1) is 11.7. The van der Waals surface area contributed by atoms with E-state index < -0.39 is 0 Å². The van der Waals surface area contributed by atoms with Gasteiger partial charge in [0.1, 0.15) is 11.6 Å². The fourth-order valence-electron chi connectivity index (χ4n) is 1.88. The van der Waals surface area contributed by atoms with Crippen LogP contribution in [-0.2, 0) is 0 Å². The van der Waals surface area contributed by atoms with Crippen LogP contribution >= 0.6 is 0 Å². The van der Waals surface area contributed by atoms with Crippen LogP contribution in [0.25, 0.3) is 0 Å². The van der Waals surface area contributed by atoms with Gasteiger partial charge in [-0.05, 0) is 25.0 Å². The number of benzene rings is 1. The third-order valence-corrected chi connectivity index (χ3v) is 3.18. The second kappa shape index (κ2) is 4.38. The van der Waals surface area contributed by atoms with E-state index in [1.807, 2.05) is 0 Å². The van der Waals surface area contributed by atoms with Gasteiger partial charge in [-0.25, -0.2) is 4.98 Å². The zero-order chi connectivity index (χ0) is 13.4. The Bertz CT molecular complexity index is 619. The molecule has 0 saturated heterocycles. The van der Waals surface area contributed by atoms with E-state index in [-0.39, 0.29) is 17.5 Å². The van der Waals surface area contributed by atoms with Gasteiger partial charge in [0.15, 0.2) is 0 Å². The number of H-pyrrole nitrogens is 1. The average molecular weight is 258 g/mol. The quantitative estimate of drug-likeness (QED) is 0.877. The molecule has 1 fully saturated rings. The molecule has 1 amide bonds. The number of nitrogens with zero attached hydrogens (tertiary/aromatic N) is 3. The second-order valence-corrected chi connectivity index (χ2v) is 4.70. The van der Waals surface area contributed by atoms with Gasteiger partial charge >= 0.3 is 0 Å². The van der Waals surface area contributed by atoms with Crippen molar-refractivity contribution < 1.29 is 9.90 Å². The number of aromatic amines is 1. The number of hydrogen-bond donors (Lipinski definition) is 2. The fourth-order valence-corrected chi connectivity index (χ4v) is 1.88. The van der Waals surface area contributed by atoms with Gasteiger partial charge in [-0.3, -0.25) is 9.89 Å². The van der Waals surface area contributed by atoms with E-state index in [1.54, 1.807) is 25.2 Å². The molecule has 19 heavy (non-hydrogen) atoms. The first-order valence-corrected chi connectivity index (χ1v) is 6.14. The Morgan fingerprint density at radius 1 is 1.47 bits per heavy atom. The molecule has 1 saturated carbocycles. The zero-order valence-electron chi connectivity index (χ0n) is 10.5. The monoisotopic (exact) mass is 258 g/mol. The summed E-state index contributed by atoms with van der Waals surface area (Å²) in [7, 11) is 1.63. The zero-order valence-corrected chi connectivity index (χ0v) is 10.5. The number of aromatic nitrogens is 3. The van der Waals surface area contributed by atoms with Crippen molar-refractivity contribution in [2.24, 2.45) is 0 Å². The molecule has 0 aliphatic heterocycles. The van der Waals surface area contributed by atoms with Gasteiger partial charge in [0.25, 0.3) is 5.91 Å². The van der Waals surface area contributed by atoms with E-state index in [0.29, 0.717) is 11.6 Å². The van der Waals surface area contributed by atoms with Gasteiger partial charge in [-0.15, -0.1) is 5.10 Å². The number of nitrogens with one attached hydrogen (secondary N) is 1. The minimum absolute atomic E-state index is 0.116. The lowest BCUT2D eigenvalue weighted by Crippen LogP contribution is -2.27. The molecular weight excluding hydrogens is 244 g/mol. The SMILES string of the molecule is CN(C(=O)c1n[nH]c(C2CC2)n1)c1cccc(O)c1.